The molecule has 0 aliphatic carbocycles. The number of nitrogens with zero attached hydrogens (tertiary/aromatic N) is 3. The van der Waals surface area contributed by atoms with Gasteiger partial charge in [0.25, 0.3) is 0 Å². The van der Waals surface area contributed by atoms with Crippen LogP contribution in [0.3, 0.4) is 0 Å². The second kappa shape index (κ2) is 4.35. The lowest BCUT2D eigenvalue weighted by molar-refractivity contribution is 0.503. The van der Waals surface area contributed by atoms with Gasteiger partial charge >= 0.3 is 0 Å². The molecule has 1 atom stereocenters. The maximum absolute atomic E-state index is 4.57. The lowest BCUT2D eigenvalue weighted by Crippen LogP contribution is -2.34. The number of aryl methyl sites for hydroxylation is 1. The summed E-state index contributed by atoms with van der Waals surface area (Å²) in [5.41, 5.74) is 0.912. The van der Waals surface area contributed by atoms with Crippen molar-refractivity contribution in [2.75, 3.05) is 11.9 Å². The van der Waals surface area contributed by atoms with Crippen LogP contribution in [0.1, 0.15) is 26.6 Å². The minimum Gasteiger partial charge on any atom is -0.356 e. The van der Waals surface area contributed by atoms with Gasteiger partial charge < -0.3 is 9.88 Å². The van der Waals surface area contributed by atoms with E-state index in [1.807, 2.05) is 19.2 Å². The van der Waals surface area contributed by atoms with Crippen LogP contribution in [0.15, 0.2) is 12.3 Å². The first-order valence-corrected chi connectivity index (χ1v) is 6.05. The van der Waals surface area contributed by atoms with Gasteiger partial charge in [-0.1, -0.05) is 13.8 Å². The highest BCUT2D eigenvalue weighted by Crippen LogP contribution is 2.25. The van der Waals surface area contributed by atoms with E-state index in [-0.39, 0.29) is 0 Å². The second-order valence-electron chi connectivity index (χ2n) is 4.93. The predicted octanol–water partition coefficient (Wildman–Crippen LogP) is 2.75. The fourth-order valence-corrected chi connectivity index (χ4v) is 1.94. The van der Waals surface area contributed by atoms with E-state index in [0.717, 1.165) is 22.7 Å². The molecule has 0 bridgehead atoms. The van der Waals surface area contributed by atoms with Crippen LogP contribution in [-0.4, -0.2) is 28.0 Å². The number of anilines is 1. The molecule has 2 rings (SSSR count). The lowest BCUT2D eigenvalue weighted by atomic mass is 10.1. The van der Waals surface area contributed by atoms with E-state index in [2.05, 4.69) is 47.7 Å². The summed E-state index contributed by atoms with van der Waals surface area (Å²) in [6.45, 7) is 8.60. The topological polar surface area (TPSA) is 44.8 Å². The molecule has 0 amide bonds. The second-order valence-corrected chi connectivity index (χ2v) is 4.93. The van der Waals surface area contributed by atoms with Gasteiger partial charge in [-0.3, -0.25) is 0 Å². The average Bonchev–Trinajstić information content (AvgIpc) is 2.73. The Morgan fingerprint density at radius 1 is 1.24 bits per heavy atom. The number of aromatic nitrogens is 3. The summed E-state index contributed by atoms with van der Waals surface area (Å²) in [7, 11) is 2.10. The Hall–Kier alpha value is -1.58. The zero-order chi connectivity index (χ0) is 12.6. The average molecular weight is 232 g/mol. The summed E-state index contributed by atoms with van der Waals surface area (Å²) in [6, 6.07) is 2.48. The molecule has 17 heavy (non-hydrogen) atoms. The van der Waals surface area contributed by atoms with Crippen molar-refractivity contribution in [2.24, 2.45) is 5.92 Å². The summed E-state index contributed by atoms with van der Waals surface area (Å²) < 4.78 is 0. The minimum atomic E-state index is 0.447. The Balaban J connectivity index is 2.50. The van der Waals surface area contributed by atoms with Crippen LogP contribution < -0.4 is 4.90 Å². The van der Waals surface area contributed by atoms with Crippen LogP contribution >= 0.6 is 0 Å². The SMILES string of the molecule is Cc1nc(N(C)C(C)C(C)C)c2cc[nH]c2n1. The minimum absolute atomic E-state index is 0.447. The Kier molecular flexibility index (Phi) is 3.05. The standard InChI is InChI=1S/C13H20N4/c1-8(2)9(3)17(5)13-11-6-7-14-12(11)15-10(4)16-13/h6-9H,1-5H3,(H,14,15,16). The Morgan fingerprint density at radius 3 is 2.59 bits per heavy atom. The molecule has 4 heteroatoms. The van der Waals surface area contributed by atoms with Gasteiger partial charge in [-0.25, -0.2) is 9.97 Å². The molecule has 0 saturated carbocycles. The molecular weight excluding hydrogens is 212 g/mol. The van der Waals surface area contributed by atoms with E-state index in [1.165, 1.54) is 0 Å². The summed E-state index contributed by atoms with van der Waals surface area (Å²) in [5, 5.41) is 1.09. The number of nitrogens with one attached hydrogen (secondary N) is 1. The van der Waals surface area contributed by atoms with Crippen molar-refractivity contribution in [2.45, 2.75) is 33.7 Å². The normalized spacial score (nSPS) is 13.3. The monoisotopic (exact) mass is 232 g/mol. The summed E-state index contributed by atoms with van der Waals surface area (Å²) >= 11 is 0. The fourth-order valence-electron chi connectivity index (χ4n) is 1.94. The smallest absolute Gasteiger partial charge is 0.143 e. The van der Waals surface area contributed by atoms with Crippen molar-refractivity contribution >= 4 is 16.9 Å². The number of H-pyrrole nitrogens is 1. The van der Waals surface area contributed by atoms with Gasteiger partial charge in [-0.2, -0.15) is 0 Å². The number of hydrogen-bond donors (Lipinski definition) is 1. The molecule has 0 saturated heterocycles. The fraction of sp³-hybridized carbons (Fsp3) is 0.538. The highest BCUT2D eigenvalue weighted by molar-refractivity contribution is 5.87. The molecule has 0 fully saturated rings. The third-order valence-electron chi connectivity index (χ3n) is 3.42. The van der Waals surface area contributed by atoms with Crippen LogP contribution in [0.25, 0.3) is 11.0 Å². The number of hydrogen-bond acceptors (Lipinski definition) is 3. The van der Waals surface area contributed by atoms with E-state index >= 15 is 0 Å². The molecule has 2 heterocycles. The third-order valence-corrected chi connectivity index (χ3v) is 3.42. The molecule has 1 unspecified atom stereocenters. The van der Waals surface area contributed by atoms with Crippen LogP contribution in [-0.2, 0) is 0 Å². The Morgan fingerprint density at radius 2 is 1.94 bits per heavy atom. The van der Waals surface area contributed by atoms with Gasteiger partial charge in [0.1, 0.15) is 17.3 Å². The van der Waals surface area contributed by atoms with Crippen LogP contribution in [0, 0.1) is 12.8 Å². The van der Waals surface area contributed by atoms with Crippen molar-refractivity contribution < 1.29 is 0 Å². The first kappa shape index (κ1) is 11.9. The molecule has 0 aromatic carbocycles. The first-order valence-electron chi connectivity index (χ1n) is 6.05. The van der Waals surface area contributed by atoms with Crippen molar-refractivity contribution in [1.82, 2.24) is 15.0 Å². The van der Waals surface area contributed by atoms with E-state index in [1.54, 1.807) is 0 Å². The van der Waals surface area contributed by atoms with Gasteiger partial charge in [0.2, 0.25) is 0 Å². The van der Waals surface area contributed by atoms with Gasteiger partial charge in [0, 0.05) is 19.3 Å². The largest absolute Gasteiger partial charge is 0.356 e. The van der Waals surface area contributed by atoms with E-state index < -0.39 is 0 Å². The van der Waals surface area contributed by atoms with Gasteiger partial charge in [0.15, 0.2) is 0 Å². The van der Waals surface area contributed by atoms with E-state index in [9.17, 15) is 0 Å². The zero-order valence-corrected chi connectivity index (χ0v) is 11.2. The summed E-state index contributed by atoms with van der Waals surface area (Å²) in [5.74, 6) is 2.40. The predicted molar refractivity (Wildman–Crippen MR) is 71.3 cm³/mol. The van der Waals surface area contributed by atoms with Gasteiger partial charge in [-0.15, -0.1) is 0 Å². The Labute approximate surface area is 102 Å². The molecule has 0 spiro atoms. The maximum atomic E-state index is 4.57. The van der Waals surface area contributed by atoms with E-state index in [0.29, 0.717) is 12.0 Å². The van der Waals surface area contributed by atoms with Gasteiger partial charge in [-0.05, 0) is 25.8 Å². The van der Waals surface area contributed by atoms with Gasteiger partial charge in [0.05, 0.1) is 5.39 Å². The molecule has 0 aliphatic rings. The molecule has 0 aliphatic heterocycles. The number of rotatable bonds is 3. The molecular formula is C13H20N4. The van der Waals surface area contributed by atoms with Crippen LogP contribution in [0.2, 0.25) is 0 Å². The molecule has 2 aromatic rings. The summed E-state index contributed by atoms with van der Waals surface area (Å²) in [4.78, 5) is 14.3. The Bertz CT molecular complexity index is 515. The zero-order valence-electron chi connectivity index (χ0n) is 11.2. The maximum Gasteiger partial charge on any atom is 0.143 e. The van der Waals surface area contributed by atoms with Crippen molar-refractivity contribution in [3.8, 4) is 0 Å². The van der Waals surface area contributed by atoms with Crippen molar-refractivity contribution in [3.63, 3.8) is 0 Å². The number of fused-ring (bicyclic) bond motifs is 1. The molecule has 1 N–H and O–H groups in total. The molecule has 0 radical (unpaired) electrons. The third kappa shape index (κ3) is 2.12. The van der Waals surface area contributed by atoms with Crippen LogP contribution in [0.5, 0.6) is 0 Å². The highest BCUT2D eigenvalue weighted by Gasteiger charge is 2.18. The summed E-state index contributed by atoms with van der Waals surface area (Å²) in [6.07, 6.45) is 1.91. The lowest BCUT2D eigenvalue weighted by Gasteiger charge is -2.29. The molecule has 92 valence electrons. The van der Waals surface area contributed by atoms with E-state index in [4.69, 9.17) is 0 Å². The highest BCUT2D eigenvalue weighted by atomic mass is 15.2. The quantitative estimate of drug-likeness (QED) is 0.885. The number of aromatic amines is 1. The van der Waals surface area contributed by atoms with Crippen LogP contribution in [0.4, 0.5) is 5.82 Å². The van der Waals surface area contributed by atoms with Crippen molar-refractivity contribution in [1.29, 1.82) is 0 Å². The van der Waals surface area contributed by atoms with Crippen molar-refractivity contribution in [3.05, 3.63) is 18.1 Å². The first-order chi connectivity index (χ1) is 8.00. The molecule has 4 nitrogen and oxygen atoms in total. The molecule has 2 aromatic heterocycles.